The zero-order chi connectivity index (χ0) is 11.7. The fourth-order valence-corrected chi connectivity index (χ4v) is 3.08. The van der Waals surface area contributed by atoms with Gasteiger partial charge in [-0.1, -0.05) is 6.58 Å². The maximum Gasteiger partial charge on any atom is 0.500 e. The molecule has 0 aromatic heterocycles. The molecule has 0 rings (SSSR count). The van der Waals surface area contributed by atoms with Gasteiger partial charge in [-0.2, -0.15) is 0 Å². The van der Waals surface area contributed by atoms with E-state index in [9.17, 15) is 4.79 Å². The van der Waals surface area contributed by atoms with Gasteiger partial charge in [0.25, 0.3) is 0 Å². The quantitative estimate of drug-likeness (QED) is 0.344. The van der Waals surface area contributed by atoms with Crippen LogP contribution >= 0.6 is 0 Å². The lowest BCUT2D eigenvalue weighted by Gasteiger charge is -2.24. The van der Waals surface area contributed by atoms with Gasteiger partial charge in [0.2, 0.25) is 6.29 Å². The Morgan fingerprint density at radius 3 is 2.13 bits per heavy atom. The number of hydrogen-bond donors (Lipinski definition) is 0. The number of rotatable bonds is 9. The van der Waals surface area contributed by atoms with Crippen LogP contribution in [-0.2, 0) is 18.1 Å². The van der Waals surface area contributed by atoms with Gasteiger partial charge in [-0.25, -0.2) is 0 Å². The minimum atomic E-state index is -2.43. The molecule has 0 N–H and O–H groups in total. The molecule has 0 atom stereocenters. The van der Waals surface area contributed by atoms with Crippen LogP contribution in [0.1, 0.15) is 19.3 Å². The van der Waals surface area contributed by atoms with E-state index in [1.54, 1.807) is 27.6 Å². The van der Waals surface area contributed by atoms with Crippen molar-refractivity contribution in [2.45, 2.75) is 25.3 Å². The molecule has 0 unspecified atom stereocenters. The van der Waals surface area contributed by atoms with Gasteiger partial charge in [-0.05, 0) is 24.8 Å². The lowest BCUT2D eigenvalue weighted by Crippen LogP contribution is -2.42. The molecule has 0 amide bonds. The molecule has 15 heavy (non-hydrogen) atoms. The molecule has 0 aromatic carbocycles. The van der Waals surface area contributed by atoms with Crippen molar-refractivity contribution in [3.05, 3.63) is 12.2 Å². The van der Waals surface area contributed by atoms with Crippen molar-refractivity contribution >= 4 is 15.1 Å². The van der Waals surface area contributed by atoms with E-state index in [1.807, 2.05) is 0 Å². The highest BCUT2D eigenvalue weighted by molar-refractivity contribution is 6.60. The summed E-state index contributed by atoms with van der Waals surface area (Å²) in [5.41, 5.74) is 0.509. The summed E-state index contributed by atoms with van der Waals surface area (Å²) in [6.45, 7) is 3.56. The van der Waals surface area contributed by atoms with Gasteiger partial charge in [-0.15, -0.1) is 0 Å². The largest absolute Gasteiger partial charge is 0.500 e. The van der Waals surface area contributed by atoms with Crippen LogP contribution in [0.15, 0.2) is 12.2 Å². The molecule has 87 valence electrons. The zero-order valence-electron chi connectivity index (χ0n) is 9.67. The van der Waals surface area contributed by atoms with Gasteiger partial charge >= 0.3 is 8.80 Å². The first-order valence-electron chi connectivity index (χ1n) is 4.85. The highest BCUT2D eigenvalue weighted by Gasteiger charge is 2.36. The van der Waals surface area contributed by atoms with Crippen LogP contribution in [0.2, 0.25) is 6.04 Å². The van der Waals surface area contributed by atoms with E-state index >= 15 is 0 Å². The van der Waals surface area contributed by atoms with Crippen LogP contribution in [0.5, 0.6) is 0 Å². The molecule has 0 heterocycles. The fraction of sp³-hybridized carbons (Fsp3) is 0.700. The normalized spacial score (nSPS) is 11.4. The maximum atomic E-state index is 10.2. The van der Waals surface area contributed by atoms with E-state index in [2.05, 4.69) is 6.58 Å². The minimum absolute atomic E-state index is 0.509. The van der Waals surface area contributed by atoms with E-state index in [0.717, 1.165) is 18.9 Å². The third-order valence-corrected chi connectivity index (χ3v) is 5.12. The molecule has 5 heteroatoms. The predicted octanol–water partition coefficient (Wildman–Crippen LogP) is 1.70. The van der Waals surface area contributed by atoms with Gasteiger partial charge in [0.05, 0.1) is 0 Å². The highest BCUT2D eigenvalue weighted by atomic mass is 28.4. The first kappa shape index (κ1) is 14.5. The predicted molar refractivity (Wildman–Crippen MR) is 60.3 cm³/mol. The van der Waals surface area contributed by atoms with Crippen molar-refractivity contribution in [3.8, 4) is 0 Å². The van der Waals surface area contributed by atoms with E-state index in [0.29, 0.717) is 12.0 Å². The van der Waals surface area contributed by atoms with Crippen LogP contribution in [0.25, 0.3) is 0 Å². The maximum absolute atomic E-state index is 10.2. The Hall–Kier alpha value is -0.493. The van der Waals surface area contributed by atoms with E-state index < -0.39 is 8.80 Å². The summed E-state index contributed by atoms with van der Waals surface area (Å²) in [5, 5.41) is 0. The van der Waals surface area contributed by atoms with E-state index in [4.69, 9.17) is 13.3 Å². The van der Waals surface area contributed by atoms with Crippen molar-refractivity contribution in [2.75, 3.05) is 21.3 Å². The van der Waals surface area contributed by atoms with Crippen molar-refractivity contribution < 1.29 is 18.1 Å². The molecule has 0 aromatic rings. The second-order valence-corrected chi connectivity index (χ2v) is 6.30. The monoisotopic (exact) mass is 231 g/mol. The van der Waals surface area contributed by atoms with Crippen LogP contribution in [0.3, 0.4) is 0 Å². The molecule has 0 aliphatic carbocycles. The smallest absolute Gasteiger partial charge is 0.377 e. The Bertz CT molecular complexity index is 193. The Kier molecular flexibility index (Phi) is 7.50. The van der Waals surface area contributed by atoms with Crippen LogP contribution < -0.4 is 0 Å². The molecule has 0 spiro atoms. The number of unbranched alkanes of at least 4 members (excludes halogenated alkanes) is 1. The molecule has 1 radical (unpaired) electrons. The molecule has 4 nitrogen and oxygen atoms in total. The standard InChI is InChI=1S/C10H19O4Si/c1-10(9-11)7-5-6-8-15(12-2,13-3)14-4/h1,5-8H2,2-4H3. The minimum Gasteiger partial charge on any atom is -0.377 e. The van der Waals surface area contributed by atoms with Crippen molar-refractivity contribution in [1.82, 2.24) is 0 Å². The first-order valence-corrected chi connectivity index (χ1v) is 6.78. The molecule has 0 bridgehead atoms. The Labute approximate surface area is 92.6 Å². The van der Waals surface area contributed by atoms with Crippen molar-refractivity contribution in [1.29, 1.82) is 0 Å². The summed E-state index contributed by atoms with van der Waals surface area (Å²) in [6, 6.07) is 0.753. The summed E-state index contributed by atoms with van der Waals surface area (Å²) in [4.78, 5) is 10.2. The van der Waals surface area contributed by atoms with Gasteiger partial charge in [0.1, 0.15) is 0 Å². The third kappa shape index (κ3) is 5.22. The van der Waals surface area contributed by atoms with Gasteiger partial charge in [-0.3, -0.25) is 4.79 Å². The molecule has 0 saturated heterocycles. The Balaban J connectivity index is 3.81. The van der Waals surface area contributed by atoms with Gasteiger partial charge in [0.15, 0.2) is 0 Å². The average Bonchev–Trinajstić information content (AvgIpc) is 2.30. The average molecular weight is 231 g/mol. The SMILES string of the molecule is C=C([C]=O)CCCC[Si](OC)(OC)OC. The second-order valence-electron chi connectivity index (χ2n) is 3.21. The summed E-state index contributed by atoms with van der Waals surface area (Å²) in [6.07, 6.45) is 4.21. The second kappa shape index (κ2) is 7.75. The molecule has 0 aliphatic rings. The summed E-state index contributed by atoms with van der Waals surface area (Å²) >= 11 is 0. The van der Waals surface area contributed by atoms with Crippen LogP contribution in [-0.4, -0.2) is 36.4 Å². The molecule has 0 saturated carbocycles. The summed E-state index contributed by atoms with van der Waals surface area (Å²) < 4.78 is 15.8. The molecular weight excluding hydrogens is 212 g/mol. The number of allylic oxidation sites excluding steroid dienone is 1. The van der Waals surface area contributed by atoms with Crippen LogP contribution in [0, 0.1) is 0 Å². The lowest BCUT2D eigenvalue weighted by molar-refractivity contribution is 0.123. The molecular formula is C10H19O4Si. The molecule has 0 aliphatic heterocycles. The van der Waals surface area contributed by atoms with Crippen LogP contribution in [0.4, 0.5) is 0 Å². The van der Waals surface area contributed by atoms with E-state index in [1.165, 1.54) is 0 Å². The highest BCUT2D eigenvalue weighted by Crippen LogP contribution is 2.17. The third-order valence-electron chi connectivity index (χ3n) is 2.29. The number of carbonyl (C=O) groups excluding carboxylic acids is 1. The van der Waals surface area contributed by atoms with Gasteiger partial charge < -0.3 is 13.3 Å². The zero-order valence-corrected chi connectivity index (χ0v) is 10.7. The number of hydrogen-bond acceptors (Lipinski definition) is 4. The summed E-state index contributed by atoms with van der Waals surface area (Å²) in [5.74, 6) is 0. The molecule has 0 fully saturated rings. The first-order chi connectivity index (χ1) is 7.14. The lowest BCUT2D eigenvalue weighted by atomic mass is 10.1. The Morgan fingerprint density at radius 1 is 1.20 bits per heavy atom. The summed E-state index contributed by atoms with van der Waals surface area (Å²) in [7, 11) is 2.36. The fourth-order valence-electron chi connectivity index (χ4n) is 1.29. The van der Waals surface area contributed by atoms with Crippen molar-refractivity contribution in [2.24, 2.45) is 0 Å². The van der Waals surface area contributed by atoms with E-state index in [-0.39, 0.29) is 0 Å². The van der Waals surface area contributed by atoms with Gasteiger partial charge in [0, 0.05) is 27.4 Å². The Morgan fingerprint density at radius 2 is 1.73 bits per heavy atom. The topological polar surface area (TPSA) is 44.8 Å². The van der Waals surface area contributed by atoms with Crippen molar-refractivity contribution in [3.63, 3.8) is 0 Å².